The zero-order valence-corrected chi connectivity index (χ0v) is 14.3. The van der Waals surface area contributed by atoms with Crippen molar-refractivity contribution in [2.45, 2.75) is 39.2 Å². The molecule has 2 N–H and O–H groups in total. The Morgan fingerprint density at radius 1 is 1.25 bits per heavy atom. The summed E-state index contributed by atoms with van der Waals surface area (Å²) >= 11 is 0. The minimum absolute atomic E-state index is 0.150. The molecular formula is C18H24N2O4. The van der Waals surface area contributed by atoms with Crippen LogP contribution in [0.2, 0.25) is 0 Å². The van der Waals surface area contributed by atoms with Gasteiger partial charge in [-0.15, -0.1) is 0 Å². The van der Waals surface area contributed by atoms with Gasteiger partial charge in [0.15, 0.2) is 0 Å². The average molecular weight is 332 g/mol. The number of carboxylic acid groups (broad SMARTS) is 1. The summed E-state index contributed by atoms with van der Waals surface area (Å²) in [5.74, 6) is -1.76. The Balaban J connectivity index is 2.20. The first-order valence-corrected chi connectivity index (χ1v) is 8.13. The van der Waals surface area contributed by atoms with Crippen molar-refractivity contribution in [3.63, 3.8) is 0 Å². The summed E-state index contributed by atoms with van der Waals surface area (Å²) in [6, 6.07) is 5.02. The number of benzene rings is 1. The molecule has 1 saturated heterocycles. The Morgan fingerprint density at radius 3 is 2.58 bits per heavy atom. The summed E-state index contributed by atoms with van der Waals surface area (Å²) < 4.78 is 0. The summed E-state index contributed by atoms with van der Waals surface area (Å²) in [5, 5.41) is 12.0. The van der Waals surface area contributed by atoms with Gasteiger partial charge in [0.1, 0.15) is 6.04 Å². The lowest BCUT2D eigenvalue weighted by Gasteiger charge is -2.37. The second-order valence-corrected chi connectivity index (χ2v) is 6.40. The first-order valence-electron chi connectivity index (χ1n) is 8.13. The number of aliphatic carboxylic acids is 1. The van der Waals surface area contributed by atoms with Crippen LogP contribution in [0.5, 0.6) is 0 Å². The summed E-state index contributed by atoms with van der Waals surface area (Å²) in [6.45, 7) is 4.04. The molecule has 0 saturated carbocycles. The van der Waals surface area contributed by atoms with Crippen LogP contribution in [0, 0.1) is 19.8 Å². The topological polar surface area (TPSA) is 86.7 Å². The van der Waals surface area contributed by atoms with E-state index < -0.39 is 12.0 Å². The zero-order chi connectivity index (χ0) is 17.9. The third kappa shape index (κ3) is 3.93. The van der Waals surface area contributed by atoms with Crippen LogP contribution in [0.15, 0.2) is 18.2 Å². The molecule has 2 amide bonds. The molecule has 0 spiro atoms. The zero-order valence-electron chi connectivity index (χ0n) is 14.3. The van der Waals surface area contributed by atoms with Crippen molar-refractivity contribution in [1.82, 2.24) is 10.2 Å². The number of piperidine rings is 1. The minimum atomic E-state index is -1.01. The van der Waals surface area contributed by atoms with E-state index in [-0.39, 0.29) is 30.7 Å². The van der Waals surface area contributed by atoms with Gasteiger partial charge in [0.05, 0.1) is 12.3 Å². The van der Waals surface area contributed by atoms with E-state index >= 15 is 0 Å². The van der Waals surface area contributed by atoms with Crippen LogP contribution in [0.1, 0.15) is 29.5 Å². The largest absolute Gasteiger partial charge is 0.480 e. The fourth-order valence-corrected chi connectivity index (χ4v) is 3.18. The number of nitrogens with one attached hydrogen (secondary N) is 1. The van der Waals surface area contributed by atoms with E-state index in [0.29, 0.717) is 12.8 Å². The Morgan fingerprint density at radius 2 is 1.96 bits per heavy atom. The second kappa shape index (κ2) is 7.47. The van der Waals surface area contributed by atoms with E-state index in [0.717, 1.165) is 16.7 Å². The molecule has 1 fully saturated rings. The molecule has 2 atom stereocenters. The molecule has 0 unspecified atom stereocenters. The Kier molecular flexibility index (Phi) is 5.59. The molecule has 130 valence electrons. The molecule has 0 radical (unpaired) electrons. The summed E-state index contributed by atoms with van der Waals surface area (Å²) in [7, 11) is 1.55. The maximum absolute atomic E-state index is 12.7. The molecule has 6 heteroatoms. The molecule has 0 aromatic heterocycles. The molecule has 1 aliphatic heterocycles. The third-order valence-corrected chi connectivity index (χ3v) is 4.65. The van der Waals surface area contributed by atoms with Gasteiger partial charge < -0.3 is 15.3 Å². The SMILES string of the molecule is CNC(=O)[C@H]1CC[C@@H](C(=O)O)N(C(=O)Cc2cc(C)ccc2C)C1. The molecule has 0 bridgehead atoms. The number of carboxylic acids is 1. The lowest BCUT2D eigenvalue weighted by Crippen LogP contribution is -2.53. The van der Waals surface area contributed by atoms with Gasteiger partial charge in [0.2, 0.25) is 11.8 Å². The monoisotopic (exact) mass is 332 g/mol. The van der Waals surface area contributed by atoms with Gasteiger partial charge in [0.25, 0.3) is 0 Å². The number of rotatable bonds is 4. The van der Waals surface area contributed by atoms with Crippen LogP contribution in [0.25, 0.3) is 0 Å². The highest BCUT2D eigenvalue weighted by atomic mass is 16.4. The van der Waals surface area contributed by atoms with Crippen LogP contribution in [0.3, 0.4) is 0 Å². The molecule has 1 aliphatic rings. The van der Waals surface area contributed by atoms with Crippen molar-refractivity contribution in [2.24, 2.45) is 5.92 Å². The van der Waals surface area contributed by atoms with Crippen LogP contribution in [-0.4, -0.2) is 47.4 Å². The molecular weight excluding hydrogens is 308 g/mol. The molecule has 1 aromatic carbocycles. The van der Waals surface area contributed by atoms with Gasteiger partial charge in [-0.25, -0.2) is 4.79 Å². The van der Waals surface area contributed by atoms with Gasteiger partial charge in [-0.2, -0.15) is 0 Å². The van der Waals surface area contributed by atoms with Crippen molar-refractivity contribution in [1.29, 1.82) is 0 Å². The highest BCUT2D eigenvalue weighted by Gasteiger charge is 2.38. The minimum Gasteiger partial charge on any atom is -0.480 e. The first kappa shape index (κ1) is 18.0. The maximum atomic E-state index is 12.7. The lowest BCUT2D eigenvalue weighted by molar-refractivity contribution is -0.154. The molecule has 24 heavy (non-hydrogen) atoms. The van der Waals surface area contributed by atoms with E-state index in [1.54, 1.807) is 7.05 Å². The number of likely N-dealkylation sites (tertiary alicyclic amines) is 1. The fourth-order valence-electron chi connectivity index (χ4n) is 3.18. The van der Waals surface area contributed by atoms with E-state index in [9.17, 15) is 19.5 Å². The van der Waals surface area contributed by atoms with E-state index in [4.69, 9.17) is 0 Å². The highest BCUT2D eigenvalue weighted by Crippen LogP contribution is 2.24. The quantitative estimate of drug-likeness (QED) is 0.870. The summed E-state index contributed by atoms with van der Waals surface area (Å²) in [5.41, 5.74) is 2.95. The highest BCUT2D eigenvalue weighted by molar-refractivity contribution is 5.87. The smallest absolute Gasteiger partial charge is 0.326 e. The lowest BCUT2D eigenvalue weighted by atomic mass is 9.91. The number of hydrogen-bond acceptors (Lipinski definition) is 3. The van der Waals surface area contributed by atoms with Crippen LogP contribution in [0.4, 0.5) is 0 Å². The average Bonchev–Trinajstić information content (AvgIpc) is 2.56. The van der Waals surface area contributed by atoms with Crippen LogP contribution in [-0.2, 0) is 20.8 Å². The molecule has 1 heterocycles. The van der Waals surface area contributed by atoms with Crippen molar-refractivity contribution < 1.29 is 19.5 Å². The maximum Gasteiger partial charge on any atom is 0.326 e. The number of hydrogen-bond donors (Lipinski definition) is 2. The van der Waals surface area contributed by atoms with Crippen molar-refractivity contribution in [3.05, 3.63) is 34.9 Å². The molecule has 0 aliphatic carbocycles. The van der Waals surface area contributed by atoms with Gasteiger partial charge in [-0.05, 0) is 37.8 Å². The normalized spacial score (nSPS) is 20.5. The van der Waals surface area contributed by atoms with E-state index in [1.165, 1.54) is 4.90 Å². The van der Waals surface area contributed by atoms with Crippen molar-refractivity contribution >= 4 is 17.8 Å². The van der Waals surface area contributed by atoms with Gasteiger partial charge in [-0.1, -0.05) is 23.8 Å². The molecule has 1 aromatic rings. The third-order valence-electron chi connectivity index (χ3n) is 4.65. The number of nitrogens with zero attached hydrogens (tertiary/aromatic N) is 1. The predicted octanol–water partition coefficient (Wildman–Crippen LogP) is 1.28. The van der Waals surface area contributed by atoms with Gasteiger partial charge in [-0.3, -0.25) is 9.59 Å². The van der Waals surface area contributed by atoms with E-state index in [1.807, 2.05) is 32.0 Å². The van der Waals surface area contributed by atoms with Crippen LogP contribution >= 0.6 is 0 Å². The predicted molar refractivity (Wildman–Crippen MR) is 89.5 cm³/mol. The standard InChI is InChI=1S/C18H24N2O4/c1-11-4-5-12(2)14(8-11)9-16(21)20-10-13(17(22)19-3)6-7-15(20)18(23)24/h4-5,8,13,15H,6-7,9-10H2,1-3H3,(H,19,22)(H,23,24)/t13-,15-/m0/s1. The Bertz CT molecular complexity index is 656. The van der Waals surface area contributed by atoms with Gasteiger partial charge in [0, 0.05) is 13.6 Å². The van der Waals surface area contributed by atoms with Gasteiger partial charge >= 0.3 is 5.97 Å². The molecule has 6 nitrogen and oxygen atoms in total. The van der Waals surface area contributed by atoms with Crippen LogP contribution < -0.4 is 5.32 Å². The Labute approximate surface area is 141 Å². The second-order valence-electron chi connectivity index (χ2n) is 6.40. The fraction of sp³-hybridized carbons (Fsp3) is 0.500. The summed E-state index contributed by atoms with van der Waals surface area (Å²) in [6.07, 6.45) is 0.924. The number of carbonyl (C=O) groups is 3. The summed E-state index contributed by atoms with van der Waals surface area (Å²) in [4.78, 5) is 37.5. The molecule has 2 rings (SSSR count). The first-order chi connectivity index (χ1) is 11.3. The van der Waals surface area contributed by atoms with Crippen molar-refractivity contribution in [2.75, 3.05) is 13.6 Å². The number of aryl methyl sites for hydroxylation is 2. The van der Waals surface area contributed by atoms with E-state index in [2.05, 4.69) is 5.32 Å². The Hall–Kier alpha value is -2.37. The number of amides is 2. The number of carbonyl (C=O) groups excluding carboxylic acids is 2. The van der Waals surface area contributed by atoms with Crippen molar-refractivity contribution in [3.8, 4) is 0 Å².